The molecule has 5 heteroatoms. The smallest absolute Gasteiger partial charge is 0.292 e. The molecule has 0 saturated carbocycles. The maximum atomic E-state index is 11.2. The lowest BCUT2D eigenvalue weighted by molar-refractivity contribution is -0.384. The minimum absolute atomic E-state index is 0.229. The summed E-state index contributed by atoms with van der Waals surface area (Å²) >= 11 is 3.34. The molecule has 0 spiro atoms. The number of alkyl halides is 1. The van der Waals surface area contributed by atoms with Gasteiger partial charge in [0, 0.05) is 24.0 Å². The van der Waals surface area contributed by atoms with Gasteiger partial charge in [-0.05, 0) is 30.9 Å². The molecule has 1 aromatic rings. The zero-order valence-corrected chi connectivity index (χ0v) is 12.0. The average Bonchev–Trinajstić information content (AvgIpc) is 2.86. The number of halogens is 1. The molecule has 18 heavy (non-hydrogen) atoms. The molecule has 1 aromatic carbocycles. The SMILES string of the molecule is CCC1CCCN1c1ccc(CBr)cc1[N+](=O)[O-]. The highest BCUT2D eigenvalue weighted by Crippen LogP contribution is 2.35. The Bertz CT molecular complexity index is 451. The Morgan fingerprint density at radius 3 is 2.94 bits per heavy atom. The normalized spacial score (nSPS) is 19.2. The second kappa shape index (κ2) is 5.69. The quantitative estimate of drug-likeness (QED) is 0.481. The molecule has 1 atom stereocenters. The van der Waals surface area contributed by atoms with E-state index in [1.807, 2.05) is 12.1 Å². The van der Waals surface area contributed by atoms with Crippen molar-refractivity contribution in [2.45, 2.75) is 37.6 Å². The first-order valence-electron chi connectivity index (χ1n) is 6.27. The summed E-state index contributed by atoms with van der Waals surface area (Å²) in [7, 11) is 0. The van der Waals surface area contributed by atoms with Crippen LogP contribution in [0.1, 0.15) is 31.7 Å². The van der Waals surface area contributed by atoms with Crippen molar-refractivity contribution in [3.05, 3.63) is 33.9 Å². The van der Waals surface area contributed by atoms with Crippen LogP contribution < -0.4 is 4.90 Å². The first-order valence-corrected chi connectivity index (χ1v) is 7.39. The molecule has 0 aromatic heterocycles. The molecule has 1 unspecified atom stereocenters. The monoisotopic (exact) mass is 312 g/mol. The van der Waals surface area contributed by atoms with Gasteiger partial charge in [0.15, 0.2) is 0 Å². The third-order valence-electron chi connectivity index (χ3n) is 3.55. The molecule has 0 aliphatic carbocycles. The highest BCUT2D eigenvalue weighted by Gasteiger charge is 2.28. The zero-order valence-electron chi connectivity index (χ0n) is 10.4. The molecule has 0 amide bonds. The summed E-state index contributed by atoms with van der Waals surface area (Å²) in [5.74, 6) is 0. The van der Waals surface area contributed by atoms with E-state index in [-0.39, 0.29) is 10.6 Å². The minimum atomic E-state index is -0.271. The Balaban J connectivity index is 2.40. The van der Waals surface area contributed by atoms with E-state index in [9.17, 15) is 10.1 Å². The predicted octanol–water partition coefficient (Wildman–Crippen LogP) is 3.87. The second-order valence-corrected chi connectivity index (χ2v) is 5.17. The van der Waals surface area contributed by atoms with Crippen molar-refractivity contribution in [1.82, 2.24) is 0 Å². The van der Waals surface area contributed by atoms with Gasteiger partial charge in [0.1, 0.15) is 5.69 Å². The Morgan fingerprint density at radius 2 is 2.33 bits per heavy atom. The van der Waals surface area contributed by atoms with E-state index in [0.29, 0.717) is 11.4 Å². The summed E-state index contributed by atoms with van der Waals surface area (Å²) in [6.07, 6.45) is 3.29. The summed E-state index contributed by atoms with van der Waals surface area (Å²) in [5.41, 5.74) is 1.94. The first kappa shape index (κ1) is 13.3. The molecule has 98 valence electrons. The van der Waals surface area contributed by atoms with Crippen LogP contribution in [0.2, 0.25) is 0 Å². The summed E-state index contributed by atoms with van der Waals surface area (Å²) in [6, 6.07) is 5.97. The summed E-state index contributed by atoms with van der Waals surface area (Å²) < 4.78 is 0. The molecule has 0 radical (unpaired) electrons. The molecule has 1 fully saturated rings. The van der Waals surface area contributed by atoms with Crippen molar-refractivity contribution in [3.8, 4) is 0 Å². The second-order valence-electron chi connectivity index (χ2n) is 4.61. The van der Waals surface area contributed by atoms with Crippen LogP contribution >= 0.6 is 15.9 Å². The number of nitro benzene ring substituents is 1. The number of nitro groups is 1. The number of nitrogens with zero attached hydrogens (tertiary/aromatic N) is 2. The van der Waals surface area contributed by atoms with Gasteiger partial charge in [-0.2, -0.15) is 0 Å². The fourth-order valence-corrected chi connectivity index (χ4v) is 2.97. The third kappa shape index (κ3) is 2.51. The Kier molecular flexibility index (Phi) is 4.22. The summed E-state index contributed by atoms with van der Waals surface area (Å²) in [4.78, 5) is 13.1. The Labute approximate surface area is 115 Å². The van der Waals surface area contributed by atoms with E-state index in [4.69, 9.17) is 0 Å². The van der Waals surface area contributed by atoms with Gasteiger partial charge in [0.2, 0.25) is 0 Å². The molecule has 4 nitrogen and oxygen atoms in total. The van der Waals surface area contributed by atoms with Crippen molar-refractivity contribution in [3.63, 3.8) is 0 Å². The average molecular weight is 313 g/mol. The van der Waals surface area contributed by atoms with Crippen LogP contribution in [0, 0.1) is 10.1 Å². The number of hydrogen-bond donors (Lipinski definition) is 0. The van der Waals surface area contributed by atoms with Gasteiger partial charge < -0.3 is 4.90 Å². The number of rotatable bonds is 4. The van der Waals surface area contributed by atoms with Crippen LogP contribution in [0.25, 0.3) is 0 Å². The van der Waals surface area contributed by atoms with Crippen molar-refractivity contribution >= 4 is 27.3 Å². The van der Waals surface area contributed by atoms with Crippen molar-refractivity contribution in [2.75, 3.05) is 11.4 Å². The van der Waals surface area contributed by atoms with Gasteiger partial charge >= 0.3 is 0 Å². The van der Waals surface area contributed by atoms with Crippen LogP contribution in [-0.2, 0) is 5.33 Å². The van der Waals surface area contributed by atoms with Gasteiger partial charge in [-0.15, -0.1) is 0 Å². The Hall–Kier alpha value is -1.10. The van der Waals surface area contributed by atoms with Gasteiger partial charge in [-0.25, -0.2) is 0 Å². The third-order valence-corrected chi connectivity index (χ3v) is 4.20. The van der Waals surface area contributed by atoms with Crippen LogP contribution in [0.5, 0.6) is 0 Å². The summed E-state index contributed by atoms with van der Waals surface area (Å²) in [6.45, 7) is 3.06. The molecule has 0 bridgehead atoms. The van der Waals surface area contributed by atoms with Crippen LogP contribution in [0.4, 0.5) is 11.4 Å². The van der Waals surface area contributed by atoms with Crippen molar-refractivity contribution in [1.29, 1.82) is 0 Å². The lowest BCUT2D eigenvalue weighted by Gasteiger charge is -2.25. The van der Waals surface area contributed by atoms with Crippen LogP contribution in [-0.4, -0.2) is 17.5 Å². The first-order chi connectivity index (χ1) is 8.67. The molecular formula is C13H17BrN2O2. The lowest BCUT2D eigenvalue weighted by atomic mass is 10.1. The molecule has 1 aliphatic heterocycles. The van der Waals surface area contributed by atoms with E-state index >= 15 is 0 Å². The van der Waals surface area contributed by atoms with Crippen molar-refractivity contribution in [2.24, 2.45) is 0 Å². The fraction of sp³-hybridized carbons (Fsp3) is 0.538. The largest absolute Gasteiger partial charge is 0.363 e. The number of anilines is 1. The molecule has 1 aliphatic rings. The van der Waals surface area contributed by atoms with Gasteiger partial charge in [0.05, 0.1) is 4.92 Å². The molecule has 2 rings (SSSR count). The maximum absolute atomic E-state index is 11.2. The molecule has 0 N–H and O–H groups in total. The molecule has 1 heterocycles. The lowest BCUT2D eigenvalue weighted by Crippen LogP contribution is -2.29. The van der Waals surface area contributed by atoms with Gasteiger partial charge in [-0.3, -0.25) is 10.1 Å². The molecular weight excluding hydrogens is 296 g/mol. The van der Waals surface area contributed by atoms with Crippen molar-refractivity contribution < 1.29 is 4.92 Å². The van der Waals surface area contributed by atoms with E-state index in [2.05, 4.69) is 27.8 Å². The number of benzene rings is 1. The molecule has 1 saturated heterocycles. The van der Waals surface area contributed by atoms with E-state index in [1.165, 1.54) is 0 Å². The van der Waals surface area contributed by atoms with E-state index in [0.717, 1.165) is 37.1 Å². The topological polar surface area (TPSA) is 46.4 Å². The maximum Gasteiger partial charge on any atom is 0.292 e. The fourth-order valence-electron chi connectivity index (χ4n) is 2.62. The highest BCUT2D eigenvalue weighted by atomic mass is 79.9. The Morgan fingerprint density at radius 1 is 1.56 bits per heavy atom. The highest BCUT2D eigenvalue weighted by molar-refractivity contribution is 9.08. The number of hydrogen-bond acceptors (Lipinski definition) is 3. The summed E-state index contributed by atoms with van der Waals surface area (Å²) in [5, 5.41) is 11.8. The van der Waals surface area contributed by atoms with E-state index in [1.54, 1.807) is 6.07 Å². The van der Waals surface area contributed by atoms with Gasteiger partial charge in [0.25, 0.3) is 5.69 Å². The van der Waals surface area contributed by atoms with Crippen LogP contribution in [0.3, 0.4) is 0 Å². The zero-order chi connectivity index (χ0) is 13.1. The predicted molar refractivity (Wildman–Crippen MR) is 76.4 cm³/mol. The van der Waals surface area contributed by atoms with E-state index < -0.39 is 0 Å². The van der Waals surface area contributed by atoms with Gasteiger partial charge in [-0.1, -0.05) is 28.9 Å². The standard InChI is InChI=1S/C13H17BrN2O2/c1-2-11-4-3-7-15(11)12-6-5-10(9-14)8-13(12)16(17)18/h5-6,8,11H,2-4,7,9H2,1H3. The van der Waals surface area contributed by atoms with Crippen LogP contribution in [0.15, 0.2) is 18.2 Å². The minimum Gasteiger partial charge on any atom is -0.363 e.